The quantitative estimate of drug-likeness (QED) is 0.836. The molecule has 1 atom stereocenters. The molecule has 0 unspecified atom stereocenters. The van der Waals surface area contributed by atoms with Crippen molar-refractivity contribution in [1.29, 1.82) is 5.26 Å². The van der Waals surface area contributed by atoms with Gasteiger partial charge in [-0.2, -0.15) is 5.26 Å². The van der Waals surface area contributed by atoms with Crippen LogP contribution in [0.2, 0.25) is 0 Å². The van der Waals surface area contributed by atoms with Gasteiger partial charge < -0.3 is 5.32 Å². The van der Waals surface area contributed by atoms with Crippen LogP contribution in [-0.4, -0.2) is 30.4 Å². The average Bonchev–Trinajstić information content (AvgIpc) is 3.04. The fourth-order valence-corrected chi connectivity index (χ4v) is 5.47. The molecule has 2 aliphatic rings. The van der Waals surface area contributed by atoms with Gasteiger partial charge in [-0.15, -0.1) is 11.3 Å². The van der Waals surface area contributed by atoms with E-state index in [2.05, 4.69) is 53.6 Å². The molecule has 1 amide bonds. The lowest BCUT2D eigenvalue weighted by atomic mass is 9.89. The predicted molar refractivity (Wildman–Crippen MR) is 114 cm³/mol. The van der Waals surface area contributed by atoms with Crippen LogP contribution >= 0.6 is 11.3 Å². The van der Waals surface area contributed by atoms with Crippen molar-refractivity contribution >= 4 is 27.8 Å². The summed E-state index contributed by atoms with van der Waals surface area (Å²) in [7, 11) is 0. The van der Waals surface area contributed by atoms with Gasteiger partial charge in [-0.05, 0) is 48.3 Å². The first-order chi connectivity index (χ1) is 13.6. The van der Waals surface area contributed by atoms with Gasteiger partial charge in [0.2, 0.25) is 5.91 Å². The first kappa shape index (κ1) is 18.9. The molecule has 5 heteroatoms. The topological polar surface area (TPSA) is 56.1 Å². The molecular formula is C23H25N3OS. The summed E-state index contributed by atoms with van der Waals surface area (Å²) in [6, 6.07) is 12.7. The van der Waals surface area contributed by atoms with Gasteiger partial charge in [0.05, 0.1) is 12.1 Å². The number of benzene rings is 1. The first-order valence-electron chi connectivity index (χ1n) is 9.95. The van der Waals surface area contributed by atoms with Crippen LogP contribution in [0.1, 0.15) is 41.3 Å². The number of nitrogens with one attached hydrogen (secondary N) is 1. The van der Waals surface area contributed by atoms with E-state index in [-0.39, 0.29) is 5.91 Å². The summed E-state index contributed by atoms with van der Waals surface area (Å²) >= 11 is 1.59. The third-order valence-electron chi connectivity index (χ3n) is 5.68. The van der Waals surface area contributed by atoms with Gasteiger partial charge in [0.15, 0.2) is 0 Å². The van der Waals surface area contributed by atoms with Crippen molar-refractivity contribution in [3.63, 3.8) is 0 Å². The number of hydrogen-bond acceptors (Lipinski definition) is 4. The molecule has 0 radical (unpaired) electrons. The molecule has 0 spiro atoms. The molecular weight excluding hydrogens is 366 g/mol. The Morgan fingerprint density at radius 3 is 2.86 bits per heavy atom. The minimum absolute atomic E-state index is 0.0280. The Morgan fingerprint density at radius 1 is 1.32 bits per heavy atom. The molecule has 28 heavy (non-hydrogen) atoms. The Labute approximate surface area is 170 Å². The molecule has 0 bridgehead atoms. The number of nitrogens with zero attached hydrogens (tertiary/aromatic N) is 2. The van der Waals surface area contributed by atoms with E-state index in [0.717, 1.165) is 49.3 Å². The van der Waals surface area contributed by atoms with Crippen LogP contribution in [0.25, 0.3) is 5.57 Å². The summed E-state index contributed by atoms with van der Waals surface area (Å²) in [6.07, 6.45) is 6.26. The van der Waals surface area contributed by atoms with Crippen LogP contribution in [0, 0.1) is 17.2 Å². The molecule has 0 fully saturated rings. The number of nitriles is 1. The van der Waals surface area contributed by atoms with Gasteiger partial charge in [-0.3, -0.25) is 9.69 Å². The zero-order chi connectivity index (χ0) is 19.5. The molecule has 0 saturated carbocycles. The molecule has 1 aromatic heterocycles. The number of carbonyl (C=O) groups excluding carboxylic acids is 1. The third kappa shape index (κ3) is 4.04. The lowest BCUT2D eigenvalue weighted by Gasteiger charge is -2.25. The predicted octanol–water partition coefficient (Wildman–Crippen LogP) is 4.47. The molecule has 2 aromatic rings. The number of rotatable bonds is 4. The number of anilines is 1. The molecule has 1 aliphatic heterocycles. The SMILES string of the molecule is C[C@@H]1CCc2c(sc(NC(=O)CN3CC=C(c4ccccc4)CC3)c2C#N)C1. The van der Waals surface area contributed by atoms with Crippen LogP contribution in [0.4, 0.5) is 5.00 Å². The van der Waals surface area contributed by atoms with Crippen LogP contribution in [0.5, 0.6) is 0 Å². The van der Waals surface area contributed by atoms with Crippen molar-refractivity contribution < 1.29 is 4.79 Å². The highest BCUT2D eigenvalue weighted by molar-refractivity contribution is 7.16. The third-order valence-corrected chi connectivity index (χ3v) is 6.85. The molecule has 4 rings (SSSR count). The number of hydrogen-bond donors (Lipinski definition) is 1. The van der Waals surface area contributed by atoms with E-state index in [9.17, 15) is 10.1 Å². The zero-order valence-corrected chi connectivity index (χ0v) is 17.0. The van der Waals surface area contributed by atoms with E-state index in [1.54, 1.807) is 11.3 Å². The second-order valence-electron chi connectivity index (χ2n) is 7.80. The first-order valence-corrected chi connectivity index (χ1v) is 10.8. The monoisotopic (exact) mass is 391 g/mol. The van der Waals surface area contributed by atoms with E-state index in [4.69, 9.17) is 0 Å². The van der Waals surface area contributed by atoms with E-state index >= 15 is 0 Å². The number of thiophene rings is 1. The van der Waals surface area contributed by atoms with Crippen molar-refractivity contribution in [2.45, 2.75) is 32.6 Å². The maximum atomic E-state index is 12.6. The number of amides is 1. The number of fused-ring (bicyclic) bond motifs is 1. The van der Waals surface area contributed by atoms with Crippen LogP contribution in [0.3, 0.4) is 0 Å². The Balaban J connectivity index is 1.38. The fourth-order valence-electron chi connectivity index (χ4n) is 4.10. The van der Waals surface area contributed by atoms with Crippen molar-refractivity contribution in [3.05, 3.63) is 58.0 Å². The van der Waals surface area contributed by atoms with E-state index in [1.165, 1.54) is 16.0 Å². The highest BCUT2D eigenvalue weighted by Crippen LogP contribution is 2.39. The molecule has 0 saturated heterocycles. The zero-order valence-electron chi connectivity index (χ0n) is 16.2. The van der Waals surface area contributed by atoms with Crippen molar-refractivity contribution in [3.8, 4) is 6.07 Å². The fraction of sp³-hybridized carbons (Fsp3) is 0.391. The summed E-state index contributed by atoms with van der Waals surface area (Å²) in [4.78, 5) is 16.0. The highest BCUT2D eigenvalue weighted by atomic mass is 32.1. The maximum Gasteiger partial charge on any atom is 0.239 e. The molecule has 144 valence electrons. The van der Waals surface area contributed by atoms with Crippen molar-refractivity contribution in [2.24, 2.45) is 5.92 Å². The lowest BCUT2D eigenvalue weighted by molar-refractivity contribution is -0.117. The molecule has 1 N–H and O–H groups in total. The second-order valence-corrected chi connectivity index (χ2v) is 8.90. The summed E-state index contributed by atoms with van der Waals surface area (Å²) < 4.78 is 0. The summed E-state index contributed by atoms with van der Waals surface area (Å²) in [6.45, 7) is 4.27. The summed E-state index contributed by atoms with van der Waals surface area (Å²) in [5.74, 6) is 0.625. The van der Waals surface area contributed by atoms with Crippen molar-refractivity contribution in [2.75, 3.05) is 25.0 Å². The van der Waals surface area contributed by atoms with Gasteiger partial charge in [0.25, 0.3) is 0 Å². The molecule has 1 aromatic carbocycles. The van der Waals surface area contributed by atoms with Gasteiger partial charge in [-0.1, -0.05) is 43.3 Å². The van der Waals surface area contributed by atoms with Crippen LogP contribution < -0.4 is 5.32 Å². The summed E-state index contributed by atoms with van der Waals surface area (Å²) in [5, 5.41) is 13.3. The van der Waals surface area contributed by atoms with E-state index in [1.807, 2.05) is 6.07 Å². The molecule has 4 nitrogen and oxygen atoms in total. The Hall–Kier alpha value is -2.42. The second kappa shape index (κ2) is 8.30. The van der Waals surface area contributed by atoms with E-state index < -0.39 is 0 Å². The smallest absolute Gasteiger partial charge is 0.239 e. The van der Waals surface area contributed by atoms with Crippen LogP contribution in [-0.2, 0) is 17.6 Å². The highest BCUT2D eigenvalue weighted by Gasteiger charge is 2.25. The lowest BCUT2D eigenvalue weighted by Crippen LogP contribution is -2.36. The molecule has 2 heterocycles. The maximum absolute atomic E-state index is 12.6. The van der Waals surface area contributed by atoms with Gasteiger partial charge in [0.1, 0.15) is 11.1 Å². The Bertz CT molecular complexity index is 939. The van der Waals surface area contributed by atoms with Gasteiger partial charge >= 0.3 is 0 Å². The summed E-state index contributed by atoms with van der Waals surface area (Å²) in [5.41, 5.74) is 4.46. The minimum atomic E-state index is -0.0280. The van der Waals surface area contributed by atoms with Crippen molar-refractivity contribution in [1.82, 2.24) is 4.90 Å². The van der Waals surface area contributed by atoms with Gasteiger partial charge in [0, 0.05) is 18.0 Å². The number of carbonyl (C=O) groups is 1. The normalized spacial score (nSPS) is 19.4. The van der Waals surface area contributed by atoms with E-state index in [0.29, 0.717) is 18.0 Å². The largest absolute Gasteiger partial charge is 0.315 e. The standard InChI is InChI=1S/C23H25N3OS/c1-16-7-8-19-20(14-24)23(28-21(19)13-16)25-22(27)15-26-11-9-18(10-12-26)17-5-3-2-4-6-17/h2-6,9,16H,7-8,10-13,15H2,1H3,(H,25,27)/t16-/m1/s1. The Kier molecular flexibility index (Phi) is 5.61. The Morgan fingerprint density at radius 2 is 2.14 bits per heavy atom. The van der Waals surface area contributed by atoms with Gasteiger partial charge in [-0.25, -0.2) is 0 Å². The minimum Gasteiger partial charge on any atom is -0.315 e. The van der Waals surface area contributed by atoms with Crippen LogP contribution in [0.15, 0.2) is 36.4 Å². The molecule has 1 aliphatic carbocycles. The average molecular weight is 392 g/mol.